The van der Waals surface area contributed by atoms with Crippen molar-refractivity contribution < 1.29 is 24.2 Å². The zero-order valence-electron chi connectivity index (χ0n) is 12.7. The van der Waals surface area contributed by atoms with Crippen molar-refractivity contribution in [1.82, 2.24) is 4.90 Å². The molecule has 1 N–H and O–H groups in total. The zero-order valence-corrected chi connectivity index (χ0v) is 12.7. The number of likely N-dealkylation sites (tertiary alicyclic amines) is 1. The number of phenolic OH excluding ortho intramolecular Hbond substituents is 1. The molecule has 1 aliphatic rings. The molecule has 6 nitrogen and oxygen atoms in total. The molecule has 0 radical (unpaired) electrons. The van der Waals surface area contributed by atoms with E-state index in [0.29, 0.717) is 31.5 Å². The van der Waals surface area contributed by atoms with Crippen molar-refractivity contribution in [3.63, 3.8) is 0 Å². The second-order valence-electron chi connectivity index (χ2n) is 4.97. The number of nitrogens with zero attached hydrogens (tertiary/aromatic N) is 1. The monoisotopic (exact) mass is 305 g/mol. The summed E-state index contributed by atoms with van der Waals surface area (Å²) in [5.41, 5.74) is 0.674. The van der Waals surface area contributed by atoms with E-state index in [0.717, 1.165) is 0 Å². The number of amides is 1. The van der Waals surface area contributed by atoms with Gasteiger partial charge in [-0.1, -0.05) is 0 Å². The van der Waals surface area contributed by atoms with Gasteiger partial charge in [-0.3, -0.25) is 9.59 Å². The number of carbonyl (C=O) groups is 2. The molecule has 0 spiro atoms. The predicted octanol–water partition coefficient (Wildman–Crippen LogP) is 1.61. The Bertz CT molecular complexity index is 574. The highest BCUT2D eigenvalue weighted by Crippen LogP contribution is 2.37. The first-order valence-electron chi connectivity index (χ1n) is 6.99. The first-order chi connectivity index (χ1) is 10.5. The van der Waals surface area contributed by atoms with Gasteiger partial charge in [0, 0.05) is 32.0 Å². The van der Waals surface area contributed by atoms with E-state index >= 15 is 0 Å². The van der Waals surface area contributed by atoms with E-state index in [2.05, 4.69) is 0 Å². The number of hydrogen-bond acceptors (Lipinski definition) is 5. The zero-order chi connectivity index (χ0) is 16.1. The number of rotatable bonds is 4. The lowest BCUT2D eigenvalue weighted by atomic mass is 10.1. The van der Waals surface area contributed by atoms with Gasteiger partial charge in [-0.05, 0) is 23.8 Å². The molecule has 0 aliphatic carbocycles. The number of benzene rings is 1. The summed E-state index contributed by atoms with van der Waals surface area (Å²) >= 11 is 0. The van der Waals surface area contributed by atoms with Crippen LogP contribution in [-0.2, 0) is 9.59 Å². The maximum Gasteiger partial charge on any atom is 0.246 e. The van der Waals surface area contributed by atoms with Gasteiger partial charge in [0.15, 0.2) is 11.5 Å². The Morgan fingerprint density at radius 3 is 2.23 bits per heavy atom. The molecule has 22 heavy (non-hydrogen) atoms. The molecular weight excluding hydrogens is 286 g/mol. The van der Waals surface area contributed by atoms with Gasteiger partial charge in [-0.2, -0.15) is 0 Å². The Hall–Kier alpha value is -2.50. The smallest absolute Gasteiger partial charge is 0.246 e. The minimum absolute atomic E-state index is 0.0805. The first kappa shape index (κ1) is 15.9. The Morgan fingerprint density at radius 1 is 1.18 bits per heavy atom. The third-order valence-corrected chi connectivity index (χ3v) is 3.55. The lowest BCUT2D eigenvalue weighted by Crippen LogP contribution is -2.37. The van der Waals surface area contributed by atoms with Crippen LogP contribution >= 0.6 is 0 Å². The fourth-order valence-corrected chi connectivity index (χ4v) is 2.26. The van der Waals surface area contributed by atoms with Crippen LogP contribution in [0.4, 0.5) is 0 Å². The molecule has 1 aromatic carbocycles. The SMILES string of the molecule is COc1cc(/C=C/C(=O)N2CCC(=O)CC2)cc(OC)c1O. The summed E-state index contributed by atoms with van der Waals surface area (Å²) < 4.78 is 10.1. The van der Waals surface area contributed by atoms with Crippen LogP contribution in [0.3, 0.4) is 0 Å². The molecular formula is C16H19NO5. The van der Waals surface area contributed by atoms with Gasteiger partial charge >= 0.3 is 0 Å². The second kappa shape index (κ2) is 6.98. The number of phenols is 1. The number of ether oxygens (including phenoxy) is 2. The normalized spacial score (nSPS) is 15.2. The summed E-state index contributed by atoms with van der Waals surface area (Å²) in [7, 11) is 2.88. The van der Waals surface area contributed by atoms with Crippen molar-refractivity contribution in [2.45, 2.75) is 12.8 Å². The van der Waals surface area contributed by atoms with E-state index in [1.165, 1.54) is 20.3 Å². The predicted molar refractivity (Wildman–Crippen MR) is 81.1 cm³/mol. The van der Waals surface area contributed by atoms with Gasteiger partial charge in [0.2, 0.25) is 11.7 Å². The Kier molecular flexibility index (Phi) is 5.04. The Morgan fingerprint density at radius 2 is 1.73 bits per heavy atom. The maximum absolute atomic E-state index is 12.1. The minimum Gasteiger partial charge on any atom is -0.502 e. The number of hydrogen-bond donors (Lipinski definition) is 1. The van der Waals surface area contributed by atoms with Gasteiger partial charge in [0.25, 0.3) is 0 Å². The van der Waals surface area contributed by atoms with Gasteiger partial charge in [-0.25, -0.2) is 0 Å². The van der Waals surface area contributed by atoms with Crippen molar-refractivity contribution in [3.05, 3.63) is 23.8 Å². The van der Waals surface area contributed by atoms with Crippen LogP contribution in [0.2, 0.25) is 0 Å². The lowest BCUT2D eigenvalue weighted by Gasteiger charge is -2.24. The Labute approximate surface area is 128 Å². The minimum atomic E-state index is -0.140. The molecule has 0 unspecified atom stereocenters. The van der Waals surface area contributed by atoms with Gasteiger partial charge in [0.1, 0.15) is 5.78 Å². The largest absolute Gasteiger partial charge is 0.502 e. The summed E-state index contributed by atoms with van der Waals surface area (Å²) in [6.07, 6.45) is 3.91. The molecule has 0 bridgehead atoms. The average Bonchev–Trinajstić information content (AvgIpc) is 2.54. The third-order valence-electron chi connectivity index (χ3n) is 3.55. The van der Waals surface area contributed by atoms with Crippen LogP contribution in [-0.4, -0.2) is 49.0 Å². The van der Waals surface area contributed by atoms with Crippen molar-refractivity contribution in [2.75, 3.05) is 27.3 Å². The van der Waals surface area contributed by atoms with E-state index in [1.54, 1.807) is 23.1 Å². The molecule has 1 amide bonds. The van der Waals surface area contributed by atoms with E-state index in [-0.39, 0.29) is 28.9 Å². The molecule has 0 aromatic heterocycles. The van der Waals surface area contributed by atoms with E-state index in [9.17, 15) is 14.7 Å². The number of ketones is 1. The number of Topliss-reactive ketones (excluding diaryl/α,β-unsaturated/α-hetero) is 1. The molecule has 0 atom stereocenters. The highest BCUT2D eigenvalue weighted by Gasteiger charge is 2.19. The molecule has 118 valence electrons. The molecule has 2 rings (SSSR count). The quantitative estimate of drug-likeness (QED) is 0.855. The molecule has 1 aliphatic heterocycles. The fraction of sp³-hybridized carbons (Fsp3) is 0.375. The highest BCUT2D eigenvalue weighted by atomic mass is 16.5. The van der Waals surface area contributed by atoms with Crippen molar-refractivity contribution >= 4 is 17.8 Å². The summed E-state index contributed by atoms with van der Waals surface area (Å²) in [5.74, 6) is 0.521. The summed E-state index contributed by atoms with van der Waals surface area (Å²) in [5, 5.41) is 9.84. The van der Waals surface area contributed by atoms with Crippen molar-refractivity contribution in [3.8, 4) is 17.2 Å². The molecule has 0 saturated carbocycles. The molecule has 1 saturated heterocycles. The van der Waals surface area contributed by atoms with Crippen molar-refractivity contribution in [2.24, 2.45) is 0 Å². The Balaban J connectivity index is 2.12. The van der Waals surface area contributed by atoms with Crippen LogP contribution in [0.25, 0.3) is 6.08 Å². The summed E-state index contributed by atoms with van der Waals surface area (Å²) in [6.45, 7) is 0.925. The molecule has 1 aromatic rings. The number of aromatic hydroxyl groups is 1. The van der Waals surface area contributed by atoms with Crippen molar-refractivity contribution in [1.29, 1.82) is 0 Å². The highest BCUT2D eigenvalue weighted by molar-refractivity contribution is 5.93. The van der Waals surface area contributed by atoms with Gasteiger partial charge < -0.3 is 19.5 Å². The summed E-state index contributed by atoms with van der Waals surface area (Å²) in [6, 6.07) is 3.22. The van der Waals surface area contributed by atoms with Crippen LogP contribution in [0.1, 0.15) is 18.4 Å². The van der Waals surface area contributed by atoms with E-state index < -0.39 is 0 Å². The molecule has 1 heterocycles. The fourth-order valence-electron chi connectivity index (χ4n) is 2.26. The number of methoxy groups -OCH3 is 2. The van der Waals surface area contributed by atoms with Crippen LogP contribution < -0.4 is 9.47 Å². The van der Waals surface area contributed by atoms with Crippen LogP contribution in [0.15, 0.2) is 18.2 Å². The van der Waals surface area contributed by atoms with E-state index in [4.69, 9.17) is 9.47 Å². The first-order valence-corrected chi connectivity index (χ1v) is 6.99. The summed E-state index contributed by atoms with van der Waals surface area (Å²) in [4.78, 5) is 24.9. The number of carbonyl (C=O) groups excluding carboxylic acids is 2. The molecule has 1 fully saturated rings. The number of piperidine rings is 1. The maximum atomic E-state index is 12.1. The standard InChI is InChI=1S/C16H19NO5/c1-21-13-9-11(10-14(22-2)16(13)20)3-4-15(19)17-7-5-12(18)6-8-17/h3-4,9-10,20H,5-8H2,1-2H3/b4-3+. The average molecular weight is 305 g/mol. The van der Waals surface area contributed by atoms with Crippen LogP contribution in [0, 0.1) is 0 Å². The third kappa shape index (κ3) is 3.58. The van der Waals surface area contributed by atoms with Crippen LogP contribution in [0.5, 0.6) is 17.2 Å². The second-order valence-corrected chi connectivity index (χ2v) is 4.97. The van der Waals surface area contributed by atoms with E-state index in [1.807, 2.05) is 0 Å². The topological polar surface area (TPSA) is 76.1 Å². The van der Waals surface area contributed by atoms with Gasteiger partial charge in [0.05, 0.1) is 14.2 Å². The molecule has 6 heteroatoms. The lowest BCUT2D eigenvalue weighted by molar-refractivity contribution is -0.130. The van der Waals surface area contributed by atoms with Gasteiger partial charge in [-0.15, -0.1) is 0 Å².